The molecule has 0 fully saturated rings. The number of phenols is 1. The monoisotopic (exact) mass is 435 g/mol. The number of fused-ring (bicyclic) bond motifs is 1. The number of ether oxygens (including phenoxy) is 1. The lowest BCUT2D eigenvalue weighted by Crippen LogP contribution is -2.30. The Hall–Kier alpha value is -3.39. The molecule has 1 aromatic heterocycles. The van der Waals surface area contributed by atoms with E-state index in [0.717, 1.165) is 55.4 Å². The van der Waals surface area contributed by atoms with Crippen molar-refractivity contribution < 1.29 is 14.6 Å². The van der Waals surface area contributed by atoms with Crippen LogP contribution in [-0.4, -0.2) is 50.9 Å². The Balaban J connectivity index is 1.43. The van der Waals surface area contributed by atoms with Crippen molar-refractivity contribution in [3.8, 4) is 11.5 Å². The predicted octanol–water partition coefficient (Wildman–Crippen LogP) is 2.85. The minimum atomic E-state index is -0.253. The second-order valence-corrected chi connectivity index (χ2v) is 8.17. The zero-order chi connectivity index (χ0) is 22.7. The third kappa shape index (κ3) is 4.60. The number of aromatic nitrogens is 3. The molecule has 0 unspecified atom stereocenters. The number of methoxy groups -OCH3 is 1. The van der Waals surface area contributed by atoms with Gasteiger partial charge < -0.3 is 19.7 Å². The van der Waals surface area contributed by atoms with Crippen LogP contribution in [0, 0.1) is 6.92 Å². The third-order valence-electron chi connectivity index (χ3n) is 5.92. The highest BCUT2D eigenvalue weighted by atomic mass is 16.5. The number of aryl methyl sites for hydroxylation is 1. The van der Waals surface area contributed by atoms with Gasteiger partial charge in [-0.3, -0.25) is 9.69 Å². The van der Waals surface area contributed by atoms with Gasteiger partial charge in [0.15, 0.2) is 17.3 Å². The van der Waals surface area contributed by atoms with Gasteiger partial charge in [-0.15, -0.1) is 10.2 Å². The van der Waals surface area contributed by atoms with Crippen LogP contribution in [0.4, 0.5) is 0 Å². The first-order valence-electron chi connectivity index (χ1n) is 10.8. The van der Waals surface area contributed by atoms with Crippen LogP contribution in [0.3, 0.4) is 0 Å². The van der Waals surface area contributed by atoms with Crippen molar-refractivity contribution in [2.24, 2.45) is 0 Å². The van der Waals surface area contributed by atoms with E-state index in [1.54, 1.807) is 13.2 Å². The van der Waals surface area contributed by atoms with E-state index in [1.165, 1.54) is 0 Å². The fourth-order valence-corrected chi connectivity index (χ4v) is 4.11. The molecule has 8 heteroatoms. The van der Waals surface area contributed by atoms with E-state index in [2.05, 4.69) is 25.0 Å². The van der Waals surface area contributed by atoms with Gasteiger partial charge in [-0.05, 0) is 43.2 Å². The molecule has 0 saturated carbocycles. The number of aromatic hydroxyl groups is 1. The molecule has 4 rings (SSSR count). The zero-order valence-electron chi connectivity index (χ0n) is 18.7. The highest BCUT2D eigenvalue weighted by molar-refractivity contribution is 5.95. The number of amides is 1. The Morgan fingerprint density at radius 1 is 1.19 bits per heavy atom. The normalized spacial score (nSPS) is 15.0. The van der Waals surface area contributed by atoms with E-state index in [0.29, 0.717) is 11.3 Å². The minimum Gasteiger partial charge on any atom is -0.504 e. The van der Waals surface area contributed by atoms with E-state index in [1.807, 2.05) is 50.2 Å². The molecule has 3 aromatic rings. The van der Waals surface area contributed by atoms with Gasteiger partial charge in [0.2, 0.25) is 0 Å². The lowest BCUT2D eigenvalue weighted by molar-refractivity contribution is 0.0937. The van der Waals surface area contributed by atoms with Crippen LogP contribution in [0.1, 0.15) is 46.1 Å². The molecule has 0 aliphatic carbocycles. The summed E-state index contributed by atoms with van der Waals surface area (Å²) in [4.78, 5) is 15.1. The Kier molecular flexibility index (Phi) is 6.41. The van der Waals surface area contributed by atoms with Crippen molar-refractivity contribution in [1.82, 2.24) is 25.0 Å². The van der Waals surface area contributed by atoms with Crippen molar-refractivity contribution in [2.45, 2.75) is 39.4 Å². The molecule has 2 heterocycles. The van der Waals surface area contributed by atoms with Crippen molar-refractivity contribution in [3.63, 3.8) is 0 Å². The van der Waals surface area contributed by atoms with Crippen LogP contribution in [0.15, 0.2) is 42.5 Å². The molecule has 168 valence electrons. The molecular weight excluding hydrogens is 406 g/mol. The number of nitrogens with zero attached hydrogens (tertiary/aromatic N) is 4. The van der Waals surface area contributed by atoms with Crippen LogP contribution < -0.4 is 10.1 Å². The maximum Gasteiger partial charge on any atom is 0.252 e. The summed E-state index contributed by atoms with van der Waals surface area (Å²) in [6, 6.07) is 12.8. The van der Waals surface area contributed by atoms with Crippen molar-refractivity contribution >= 4 is 5.91 Å². The Morgan fingerprint density at radius 3 is 2.78 bits per heavy atom. The van der Waals surface area contributed by atoms with Gasteiger partial charge in [0.05, 0.1) is 13.2 Å². The summed E-state index contributed by atoms with van der Waals surface area (Å²) in [7, 11) is 1.55. The summed E-state index contributed by atoms with van der Waals surface area (Å²) >= 11 is 0. The minimum absolute atomic E-state index is 0.107. The first-order chi connectivity index (χ1) is 15.5. The molecule has 8 nitrogen and oxygen atoms in total. The largest absolute Gasteiger partial charge is 0.504 e. The molecule has 1 aliphatic rings. The number of rotatable bonds is 6. The molecule has 0 spiro atoms. The first kappa shape index (κ1) is 21.8. The first-order valence-corrected chi connectivity index (χ1v) is 10.8. The number of carbonyl (C=O) groups is 1. The van der Waals surface area contributed by atoms with Crippen LogP contribution in [-0.2, 0) is 19.5 Å². The summed E-state index contributed by atoms with van der Waals surface area (Å²) in [6.07, 6.45) is 0.778. The SMILES string of the molecule is COc1cc(CN2CCc3nnc([C@@H](C)NC(=O)c4ccccc4C)n3CC2)ccc1O. The van der Waals surface area contributed by atoms with Gasteiger partial charge in [-0.25, -0.2) is 0 Å². The second-order valence-electron chi connectivity index (χ2n) is 8.17. The second kappa shape index (κ2) is 9.40. The van der Waals surface area contributed by atoms with Crippen molar-refractivity contribution in [1.29, 1.82) is 0 Å². The number of carbonyl (C=O) groups excluding carboxylic acids is 1. The van der Waals surface area contributed by atoms with Gasteiger partial charge in [0.25, 0.3) is 5.91 Å². The van der Waals surface area contributed by atoms with Gasteiger partial charge in [0, 0.05) is 38.2 Å². The van der Waals surface area contributed by atoms with Gasteiger partial charge in [-0.1, -0.05) is 24.3 Å². The number of phenolic OH excluding ortho intramolecular Hbond substituents is 1. The van der Waals surface area contributed by atoms with Crippen molar-refractivity contribution in [3.05, 3.63) is 70.8 Å². The summed E-state index contributed by atoms with van der Waals surface area (Å²) < 4.78 is 7.35. The molecule has 0 radical (unpaired) electrons. The van der Waals surface area contributed by atoms with E-state index in [-0.39, 0.29) is 17.7 Å². The molecule has 32 heavy (non-hydrogen) atoms. The van der Waals surface area contributed by atoms with E-state index >= 15 is 0 Å². The Morgan fingerprint density at radius 2 is 2.00 bits per heavy atom. The van der Waals surface area contributed by atoms with Gasteiger partial charge in [-0.2, -0.15) is 0 Å². The van der Waals surface area contributed by atoms with Gasteiger partial charge >= 0.3 is 0 Å². The smallest absolute Gasteiger partial charge is 0.252 e. The summed E-state index contributed by atoms with van der Waals surface area (Å²) in [6.45, 7) is 7.06. The number of nitrogens with one attached hydrogen (secondary N) is 1. The fourth-order valence-electron chi connectivity index (χ4n) is 4.11. The summed E-state index contributed by atoms with van der Waals surface area (Å²) in [5, 5.41) is 21.7. The molecule has 1 atom stereocenters. The fraction of sp³-hybridized carbons (Fsp3) is 0.375. The highest BCUT2D eigenvalue weighted by Gasteiger charge is 2.23. The van der Waals surface area contributed by atoms with E-state index in [9.17, 15) is 9.90 Å². The lowest BCUT2D eigenvalue weighted by Gasteiger charge is -2.20. The molecule has 0 bridgehead atoms. The Bertz CT molecular complexity index is 1110. The topological polar surface area (TPSA) is 92.5 Å². The molecule has 1 amide bonds. The third-order valence-corrected chi connectivity index (χ3v) is 5.92. The highest BCUT2D eigenvalue weighted by Crippen LogP contribution is 2.27. The van der Waals surface area contributed by atoms with Crippen molar-refractivity contribution in [2.75, 3.05) is 20.2 Å². The van der Waals surface area contributed by atoms with Crippen LogP contribution in [0.5, 0.6) is 11.5 Å². The molecule has 1 aliphatic heterocycles. The Labute approximate surface area is 187 Å². The molecule has 2 aromatic carbocycles. The number of benzene rings is 2. The summed E-state index contributed by atoms with van der Waals surface area (Å²) in [5.74, 6) is 2.22. The molecular formula is C24H29N5O3. The van der Waals surface area contributed by atoms with Gasteiger partial charge in [0.1, 0.15) is 5.82 Å². The van der Waals surface area contributed by atoms with Crippen LogP contribution in [0.2, 0.25) is 0 Å². The molecule has 2 N–H and O–H groups in total. The molecule has 0 saturated heterocycles. The quantitative estimate of drug-likeness (QED) is 0.619. The lowest BCUT2D eigenvalue weighted by atomic mass is 10.1. The van der Waals surface area contributed by atoms with Crippen LogP contribution in [0.25, 0.3) is 0 Å². The van der Waals surface area contributed by atoms with E-state index in [4.69, 9.17) is 4.74 Å². The van der Waals surface area contributed by atoms with Crippen LogP contribution >= 0.6 is 0 Å². The zero-order valence-corrected chi connectivity index (χ0v) is 18.7. The van der Waals surface area contributed by atoms with E-state index < -0.39 is 0 Å². The standard InChI is InChI=1S/C24H29N5O3/c1-16-6-4-5-7-19(16)24(31)25-17(2)23-27-26-22-10-11-28(12-13-29(22)23)15-18-8-9-20(30)21(14-18)32-3/h4-9,14,17,30H,10-13,15H2,1-3H3,(H,25,31)/t17-/m1/s1. The average molecular weight is 436 g/mol. The number of hydrogen-bond acceptors (Lipinski definition) is 6. The maximum atomic E-state index is 12.7. The number of hydrogen-bond donors (Lipinski definition) is 2. The predicted molar refractivity (Wildman–Crippen MR) is 121 cm³/mol. The average Bonchev–Trinajstić information content (AvgIpc) is 3.09. The summed E-state index contributed by atoms with van der Waals surface area (Å²) in [5.41, 5.74) is 2.70. The maximum absolute atomic E-state index is 12.7.